The zero-order chi connectivity index (χ0) is 22.3. The van der Waals surface area contributed by atoms with E-state index in [2.05, 4.69) is 6.58 Å². The van der Waals surface area contributed by atoms with Gasteiger partial charge in [-0.25, -0.2) is 0 Å². The number of allylic oxidation sites excluding steroid dienone is 1. The van der Waals surface area contributed by atoms with Crippen LogP contribution in [0.4, 0.5) is 0 Å². The fourth-order valence-corrected chi connectivity index (χ4v) is 3.56. The minimum absolute atomic E-state index is 0.0282. The van der Waals surface area contributed by atoms with Crippen LogP contribution in [0.25, 0.3) is 0 Å². The van der Waals surface area contributed by atoms with E-state index in [1.165, 1.54) is 14.2 Å². The van der Waals surface area contributed by atoms with Crippen LogP contribution in [0, 0.1) is 0 Å². The molecule has 2 rings (SSSR count). The van der Waals surface area contributed by atoms with Crippen LogP contribution < -0.4 is 18.9 Å². The Morgan fingerprint density at radius 2 is 1.47 bits per heavy atom. The number of carbonyl (C=O) groups is 1. The van der Waals surface area contributed by atoms with Gasteiger partial charge in [0.15, 0.2) is 23.0 Å². The van der Waals surface area contributed by atoms with E-state index in [1.54, 1.807) is 50.6 Å². The lowest BCUT2D eigenvalue weighted by Gasteiger charge is -2.24. The largest absolute Gasteiger partial charge is 0.493 e. The molecule has 162 valence electrons. The third-order valence-corrected chi connectivity index (χ3v) is 5.12. The summed E-state index contributed by atoms with van der Waals surface area (Å²) in [5, 5.41) is 11.3. The maximum atomic E-state index is 12.8. The number of aliphatic hydroxyl groups is 1. The molecule has 0 aliphatic heterocycles. The van der Waals surface area contributed by atoms with E-state index in [4.69, 9.17) is 18.9 Å². The first kappa shape index (κ1) is 23.3. The van der Waals surface area contributed by atoms with Crippen LogP contribution in [0.1, 0.15) is 48.5 Å². The second-order valence-electron chi connectivity index (χ2n) is 6.77. The van der Waals surface area contributed by atoms with Crippen molar-refractivity contribution in [2.24, 2.45) is 0 Å². The molecule has 6 nitrogen and oxygen atoms in total. The molecule has 30 heavy (non-hydrogen) atoms. The summed E-state index contributed by atoms with van der Waals surface area (Å²) < 4.78 is 21.5. The molecule has 0 aliphatic carbocycles. The lowest BCUT2D eigenvalue weighted by molar-refractivity contribution is -0.119. The van der Waals surface area contributed by atoms with E-state index >= 15 is 0 Å². The standard InChI is InChI=1S/C24H30O6/c1-7-9-19(25)16(8-2)17-13-22(29-5)23(30-6)14-18(17)24(26)15-10-11-20(27-3)21(12-15)28-4/h7,10-14,16,24,26H,1,8-9H2,2-6H3. The average molecular weight is 414 g/mol. The Morgan fingerprint density at radius 1 is 0.933 bits per heavy atom. The zero-order valence-corrected chi connectivity index (χ0v) is 18.2. The summed E-state index contributed by atoms with van der Waals surface area (Å²) in [6.07, 6.45) is 1.41. The maximum absolute atomic E-state index is 12.8. The van der Waals surface area contributed by atoms with Crippen LogP contribution in [-0.2, 0) is 4.79 Å². The Kier molecular flexibility index (Phi) is 8.30. The van der Waals surface area contributed by atoms with Crippen molar-refractivity contribution >= 4 is 5.78 Å². The molecule has 0 heterocycles. The molecule has 0 saturated carbocycles. The number of rotatable bonds is 11. The van der Waals surface area contributed by atoms with Gasteiger partial charge in [-0.3, -0.25) is 4.79 Å². The molecule has 0 amide bonds. The number of hydrogen-bond donors (Lipinski definition) is 1. The molecule has 0 radical (unpaired) electrons. The van der Waals surface area contributed by atoms with Crippen molar-refractivity contribution in [2.75, 3.05) is 28.4 Å². The maximum Gasteiger partial charge on any atom is 0.161 e. The molecule has 0 aliphatic rings. The molecule has 0 spiro atoms. The highest BCUT2D eigenvalue weighted by Gasteiger charge is 2.27. The Labute approximate surface area is 178 Å². The minimum Gasteiger partial charge on any atom is -0.493 e. The van der Waals surface area contributed by atoms with Gasteiger partial charge >= 0.3 is 0 Å². The van der Waals surface area contributed by atoms with Crippen molar-refractivity contribution in [1.29, 1.82) is 0 Å². The van der Waals surface area contributed by atoms with Crippen molar-refractivity contribution in [3.05, 3.63) is 59.7 Å². The summed E-state index contributed by atoms with van der Waals surface area (Å²) in [6, 6.07) is 8.71. The van der Waals surface area contributed by atoms with Crippen molar-refractivity contribution in [2.45, 2.75) is 31.8 Å². The molecule has 0 fully saturated rings. The molecular formula is C24H30O6. The van der Waals surface area contributed by atoms with Crippen LogP contribution in [0.15, 0.2) is 43.0 Å². The first-order valence-electron chi connectivity index (χ1n) is 9.74. The SMILES string of the molecule is C=CCC(=O)C(CC)c1cc(OC)c(OC)cc1C(O)c1ccc(OC)c(OC)c1. The van der Waals surface area contributed by atoms with E-state index < -0.39 is 12.0 Å². The Bertz CT molecular complexity index is 890. The van der Waals surface area contributed by atoms with Crippen LogP contribution >= 0.6 is 0 Å². The lowest BCUT2D eigenvalue weighted by atomic mass is 9.84. The molecular weight excluding hydrogens is 384 g/mol. The summed E-state index contributed by atoms with van der Waals surface area (Å²) >= 11 is 0. The number of benzene rings is 2. The normalized spacial score (nSPS) is 12.6. The topological polar surface area (TPSA) is 74.2 Å². The van der Waals surface area contributed by atoms with Crippen LogP contribution in [-0.4, -0.2) is 39.3 Å². The summed E-state index contributed by atoms with van der Waals surface area (Å²) in [4.78, 5) is 12.8. The van der Waals surface area contributed by atoms with E-state index in [-0.39, 0.29) is 12.2 Å². The van der Waals surface area contributed by atoms with Gasteiger partial charge in [-0.1, -0.05) is 19.1 Å². The molecule has 1 N–H and O–H groups in total. The molecule has 2 atom stereocenters. The molecule has 2 aromatic rings. The minimum atomic E-state index is -1.01. The quantitative estimate of drug-likeness (QED) is 0.548. The lowest BCUT2D eigenvalue weighted by Crippen LogP contribution is -2.16. The van der Waals surface area contributed by atoms with Gasteiger partial charge in [0.1, 0.15) is 11.9 Å². The smallest absolute Gasteiger partial charge is 0.161 e. The van der Waals surface area contributed by atoms with Gasteiger partial charge in [-0.2, -0.15) is 0 Å². The number of ether oxygens (including phenoxy) is 4. The fourth-order valence-electron chi connectivity index (χ4n) is 3.56. The predicted molar refractivity (Wildman–Crippen MR) is 116 cm³/mol. The molecule has 0 bridgehead atoms. The highest BCUT2D eigenvalue weighted by molar-refractivity contribution is 5.87. The van der Waals surface area contributed by atoms with Crippen molar-refractivity contribution < 1.29 is 28.8 Å². The first-order valence-corrected chi connectivity index (χ1v) is 9.74. The van der Waals surface area contributed by atoms with Crippen LogP contribution in [0.5, 0.6) is 23.0 Å². The van der Waals surface area contributed by atoms with Crippen molar-refractivity contribution in [3.63, 3.8) is 0 Å². The third-order valence-electron chi connectivity index (χ3n) is 5.12. The molecule has 0 saturated heterocycles. The molecule has 6 heteroatoms. The summed E-state index contributed by atoms with van der Waals surface area (Å²) in [5.41, 5.74) is 1.88. The summed E-state index contributed by atoms with van der Waals surface area (Å²) in [5.74, 6) is 1.66. The van der Waals surface area contributed by atoms with Gasteiger partial charge < -0.3 is 24.1 Å². The van der Waals surface area contributed by atoms with Gasteiger partial charge in [0.2, 0.25) is 0 Å². The number of methoxy groups -OCH3 is 4. The average Bonchev–Trinajstić information content (AvgIpc) is 2.78. The number of aliphatic hydroxyl groups excluding tert-OH is 1. The van der Waals surface area contributed by atoms with Gasteiger partial charge in [0.05, 0.1) is 28.4 Å². The highest BCUT2D eigenvalue weighted by Crippen LogP contribution is 2.41. The zero-order valence-electron chi connectivity index (χ0n) is 18.2. The monoisotopic (exact) mass is 414 g/mol. The predicted octanol–water partition coefficient (Wildman–Crippen LogP) is 4.44. The second-order valence-corrected chi connectivity index (χ2v) is 6.77. The molecule has 2 aromatic carbocycles. The van der Waals surface area contributed by atoms with Crippen LogP contribution in [0.2, 0.25) is 0 Å². The highest BCUT2D eigenvalue weighted by atomic mass is 16.5. The number of hydrogen-bond acceptors (Lipinski definition) is 6. The second kappa shape index (κ2) is 10.7. The number of carbonyl (C=O) groups excluding carboxylic acids is 1. The third kappa shape index (κ3) is 4.76. The van der Waals surface area contributed by atoms with Gasteiger partial charge in [0, 0.05) is 12.3 Å². The van der Waals surface area contributed by atoms with Crippen molar-refractivity contribution in [3.8, 4) is 23.0 Å². The summed E-state index contributed by atoms with van der Waals surface area (Å²) in [6.45, 7) is 5.61. The van der Waals surface area contributed by atoms with Crippen LogP contribution in [0.3, 0.4) is 0 Å². The Balaban J connectivity index is 2.66. The van der Waals surface area contributed by atoms with Gasteiger partial charge in [-0.05, 0) is 47.4 Å². The van der Waals surface area contributed by atoms with Gasteiger partial charge in [-0.15, -0.1) is 6.58 Å². The molecule has 0 aromatic heterocycles. The van der Waals surface area contributed by atoms with Gasteiger partial charge in [0.25, 0.3) is 0 Å². The molecule has 2 unspecified atom stereocenters. The van der Waals surface area contributed by atoms with E-state index in [0.29, 0.717) is 46.1 Å². The number of Topliss-reactive ketones (excluding diaryl/α,β-unsaturated/α-hetero) is 1. The van der Waals surface area contributed by atoms with E-state index in [0.717, 1.165) is 0 Å². The number of ketones is 1. The Morgan fingerprint density at radius 3 is 1.97 bits per heavy atom. The van der Waals surface area contributed by atoms with E-state index in [1.807, 2.05) is 6.92 Å². The Hall–Kier alpha value is -2.99. The van der Waals surface area contributed by atoms with Crippen molar-refractivity contribution in [1.82, 2.24) is 0 Å². The summed E-state index contributed by atoms with van der Waals surface area (Å²) in [7, 11) is 6.16. The first-order chi connectivity index (χ1) is 14.4. The van der Waals surface area contributed by atoms with E-state index in [9.17, 15) is 9.90 Å². The fraction of sp³-hybridized carbons (Fsp3) is 0.375.